The van der Waals surface area contributed by atoms with Gasteiger partial charge >= 0.3 is 0 Å². The first-order valence-corrected chi connectivity index (χ1v) is 10.00. The van der Waals surface area contributed by atoms with Gasteiger partial charge in [0.05, 0.1) is 0 Å². The Kier molecular flexibility index (Phi) is 3.51. The lowest BCUT2D eigenvalue weighted by Crippen LogP contribution is -2.63. The summed E-state index contributed by atoms with van der Waals surface area (Å²) in [6.45, 7) is 9.25. The lowest BCUT2D eigenvalue weighted by molar-refractivity contribution is -0.166. The van der Waals surface area contributed by atoms with Crippen molar-refractivity contribution in [2.24, 2.45) is 40.4 Å². The second kappa shape index (κ2) is 5.08. The molecule has 0 bridgehead atoms. The summed E-state index contributed by atoms with van der Waals surface area (Å²) in [5, 5.41) is 0. The minimum absolute atomic E-state index is 0.0750. The van der Waals surface area contributed by atoms with E-state index < -0.39 is 0 Å². The molecule has 3 aliphatic carbocycles. The van der Waals surface area contributed by atoms with Gasteiger partial charge in [-0.3, -0.25) is 9.59 Å². The first kappa shape index (κ1) is 16.6. The topological polar surface area (TPSA) is 37.4 Å². The van der Waals surface area contributed by atoms with Gasteiger partial charge in [0.1, 0.15) is 5.78 Å². The van der Waals surface area contributed by atoms with Crippen LogP contribution in [0, 0.1) is 40.4 Å². The van der Waals surface area contributed by atoms with Gasteiger partial charge in [0.15, 0.2) is 0 Å². The Hall–Kier alpha value is -0.860. The molecule has 0 radical (unpaired) electrons. The zero-order valence-corrected chi connectivity index (χ0v) is 16.0. The molecule has 4 fully saturated rings. The number of nitrogens with zero attached hydrogens (tertiary/aromatic N) is 1. The number of rotatable bonds is 0. The van der Waals surface area contributed by atoms with Gasteiger partial charge < -0.3 is 4.90 Å². The minimum Gasteiger partial charge on any atom is -0.342 e. The number of likely N-dealkylation sites (tertiary alicyclic amines) is 1. The normalized spacial score (nSPS) is 54.3. The van der Waals surface area contributed by atoms with E-state index in [-0.39, 0.29) is 16.7 Å². The SMILES string of the molecule is CC1C[C@H]2[C@@H]3C(C)CC4N(C)C(=O)CC[C@]4(C)[C@@H]3CC[C@]2(C)C1=O. The number of amides is 1. The lowest BCUT2D eigenvalue weighted by Gasteiger charge is -2.63. The van der Waals surface area contributed by atoms with E-state index in [2.05, 4.69) is 32.6 Å². The van der Waals surface area contributed by atoms with E-state index in [9.17, 15) is 9.59 Å². The average molecular weight is 332 g/mol. The quantitative estimate of drug-likeness (QED) is 0.675. The molecule has 0 aromatic heterocycles. The van der Waals surface area contributed by atoms with Crippen LogP contribution in [-0.2, 0) is 9.59 Å². The van der Waals surface area contributed by atoms with Gasteiger partial charge in [-0.05, 0) is 61.2 Å². The van der Waals surface area contributed by atoms with Crippen LogP contribution >= 0.6 is 0 Å². The Morgan fingerprint density at radius 1 is 1.04 bits per heavy atom. The van der Waals surface area contributed by atoms with Crippen LogP contribution in [0.15, 0.2) is 0 Å². The van der Waals surface area contributed by atoms with Crippen molar-refractivity contribution in [2.75, 3.05) is 7.05 Å². The molecule has 3 heteroatoms. The molecule has 134 valence electrons. The van der Waals surface area contributed by atoms with Crippen molar-refractivity contribution in [1.82, 2.24) is 4.90 Å². The first-order chi connectivity index (χ1) is 11.2. The number of fused-ring (bicyclic) bond motifs is 5. The molecule has 1 aliphatic heterocycles. The highest BCUT2D eigenvalue weighted by molar-refractivity contribution is 5.89. The van der Waals surface area contributed by atoms with Crippen molar-refractivity contribution in [3.63, 3.8) is 0 Å². The van der Waals surface area contributed by atoms with Crippen LogP contribution in [0.25, 0.3) is 0 Å². The van der Waals surface area contributed by atoms with Crippen LogP contribution in [-0.4, -0.2) is 29.7 Å². The van der Waals surface area contributed by atoms with Gasteiger partial charge in [-0.15, -0.1) is 0 Å². The van der Waals surface area contributed by atoms with E-state index in [0.29, 0.717) is 47.8 Å². The number of piperidine rings is 1. The Morgan fingerprint density at radius 2 is 1.75 bits per heavy atom. The van der Waals surface area contributed by atoms with Gasteiger partial charge in [-0.25, -0.2) is 0 Å². The number of Topliss-reactive ketones (excluding diaryl/α,β-unsaturated/α-hetero) is 1. The summed E-state index contributed by atoms with van der Waals surface area (Å²) in [7, 11) is 2.02. The molecule has 0 spiro atoms. The first-order valence-electron chi connectivity index (χ1n) is 10.00. The number of hydrogen-bond donors (Lipinski definition) is 0. The van der Waals surface area contributed by atoms with Gasteiger partial charge in [-0.1, -0.05) is 27.7 Å². The van der Waals surface area contributed by atoms with Gasteiger partial charge in [0, 0.05) is 30.8 Å². The molecule has 24 heavy (non-hydrogen) atoms. The molecule has 8 atom stereocenters. The summed E-state index contributed by atoms with van der Waals surface area (Å²) in [5.74, 6) is 3.62. The Labute approximate surface area is 146 Å². The van der Waals surface area contributed by atoms with Crippen LogP contribution in [0.2, 0.25) is 0 Å². The van der Waals surface area contributed by atoms with Gasteiger partial charge in [0.25, 0.3) is 0 Å². The van der Waals surface area contributed by atoms with Crippen molar-refractivity contribution in [2.45, 2.75) is 72.3 Å². The molecular weight excluding hydrogens is 298 g/mol. The van der Waals surface area contributed by atoms with Crippen LogP contribution in [0.4, 0.5) is 0 Å². The summed E-state index contributed by atoms with van der Waals surface area (Å²) in [5.41, 5.74) is 0.171. The van der Waals surface area contributed by atoms with E-state index in [0.717, 1.165) is 25.7 Å². The largest absolute Gasteiger partial charge is 0.342 e. The maximum Gasteiger partial charge on any atom is 0.222 e. The predicted molar refractivity (Wildman–Crippen MR) is 94.3 cm³/mol. The molecule has 4 aliphatic rings. The van der Waals surface area contributed by atoms with E-state index in [1.54, 1.807) is 0 Å². The van der Waals surface area contributed by atoms with Crippen molar-refractivity contribution in [3.8, 4) is 0 Å². The maximum atomic E-state index is 12.8. The highest BCUT2D eigenvalue weighted by Crippen LogP contribution is 2.65. The lowest BCUT2D eigenvalue weighted by atomic mass is 9.45. The van der Waals surface area contributed by atoms with Crippen molar-refractivity contribution >= 4 is 11.7 Å². The van der Waals surface area contributed by atoms with Gasteiger partial charge in [-0.2, -0.15) is 0 Å². The molecule has 1 heterocycles. The second-order valence-electron chi connectivity index (χ2n) is 9.99. The Morgan fingerprint density at radius 3 is 2.46 bits per heavy atom. The molecule has 0 N–H and O–H groups in total. The van der Waals surface area contributed by atoms with E-state index >= 15 is 0 Å². The third-order valence-corrected chi connectivity index (χ3v) is 8.94. The third-order valence-electron chi connectivity index (χ3n) is 8.94. The fourth-order valence-corrected chi connectivity index (χ4v) is 7.58. The summed E-state index contributed by atoms with van der Waals surface area (Å²) >= 11 is 0. The zero-order valence-electron chi connectivity index (χ0n) is 16.0. The summed E-state index contributed by atoms with van der Waals surface area (Å²) in [6.07, 6.45) is 6.20. The molecule has 0 aromatic rings. The third kappa shape index (κ3) is 1.90. The minimum atomic E-state index is -0.0750. The Bertz CT molecular complexity index is 586. The molecule has 1 saturated heterocycles. The number of carbonyl (C=O) groups is 2. The zero-order chi connectivity index (χ0) is 17.4. The molecule has 1 amide bonds. The fraction of sp³-hybridized carbons (Fsp3) is 0.905. The Balaban J connectivity index is 1.72. The average Bonchev–Trinajstić information content (AvgIpc) is 2.77. The summed E-state index contributed by atoms with van der Waals surface area (Å²) in [6, 6.07) is 0.397. The van der Waals surface area contributed by atoms with Crippen LogP contribution in [0.1, 0.15) is 66.2 Å². The van der Waals surface area contributed by atoms with E-state index in [1.165, 1.54) is 6.42 Å². The van der Waals surface area contributed by atoms with Gasteiger partial charge in [0.2, 0.25) is 5.91 Å². The maximum absolute atomic E-state index is 12.8. The van der Waals surface area contributed by atoms with Crippen molar-refractivity contribution in [1.29, 1.82) is 0 Å². The summed E-state index contributed by atoms with van der Waals surface area (Å²) < 4.78 is 0. The molecule has 3 saturated carbocycles. The van der Waals surface area contributed by atoms with Crippen LogP contribution in [0.5, 0.6) is 0 Å². The molecule has 0 aromatic carbocycles. The van der Waals surface area contributed by atoms with Crippen molar-refractivity contribution in [3.05, 3.63) is 0 Å². The smallest absolute Gasteiger partial charge is 0.222 e. The van der Waals surface area contributed by atoms with E-state index in [4.69, 9.17) is 0 Å². The number of hydrogen-bond acceptors (Lipinski definition) is 2. The van der Waals surface area contributed by atoms with Crippen LogP contribution in [0.3, 0.4) is 0 Å². The van der Waals surface area contributed by atoms with E-state index in [1.807, 2.05) is 7.05 Å². The number of carbonyl (C=O) groups excluding carboxylic acids is 2. The standard InChI is InChI=1S/C21H33NO2/c1-12-11-16-20(3,9-7-17(23)22(16)5)14-6-8-21(4)15(18(12)14)10-13(2)19(21)24/h12-16,18H,6-11H2,1-5H3/t12?,13?,14-,15+,16?,18-,20-,21+/m1/s1. The van der Waals surface area contributed by atoms with Crippen LogP contribution < -0.4 is 0 Å². The second-order valence-corrected chi connectivity index (χ2v) is 9.99. The predicted octanol–water partition coefficient (Wildman–Crippen LogP) is 3.91. The molecule has 3 nitrogen and oxygen atoms in total. The highest BCUT2D eigenvalue weighted by atomic mass is 16.2. The van der Waals surface area contributed by atoms with Crippen molar-refractivity contribution < 1.29 is 9.59 Å². The molecule has 3 unspecified atom stereocenters. The summed E-state index contributed by atoms with van der Waals surface area (Å²) in [4.78, 5) is 27.2. The fourth-order valence-electron chi connectivity index (χ4n) is 7.58. The number of ketones is 1. The highest BCUT2D eigenvalue weighted by Gasteiger charge is 2.63. The molecule has 4 rings (SSSR count). The molecular formula is C21H33NO2. The monoisotopic (exact) mass is 331 g/mol.